The van der Waals surface area contributed by atoms with E-state index in [0.29, 0.717) is 0 Å². The fourth-order valence-corrected chi connectivity index (χ4v) is 1.32. The van der Waals surface area contributed by atoms with Gasteiger partial charge < -0.3 is 10.2 Å². The van der Waals surface area contributed by atoms with E-state index in [1.165, 1.54) is 0 Å². The Morgan fingerprint density at radius 2 is 2.00 bits per heavy atom. The van der Waals surface area contributed by atoms with Gasteiger partial charge in [-0.05, 0) is 5.56 Å². The number of carbonyl (C=O) groups is 1. The number of benzene rings is 1. The number of aliphatic carboxylic acids is 1. The van der Waals surface area contributed by atoms with Crippen LogP contribution in [-0.2, 0) is 4.79 Å². The smallest absolute Gasteiger partial charge is 0.305 e. The van der Waals surface area contributed by atoms with Gasteiger partial charge in [-0.15, -0.1) is 0 Å². The van der Waals surface area contributed by atoms with E-state index in [2.05, 4.69) is 0 Å². The molecule has 0 aliphatic rings. The molecule has 0 saturated carbocycles. The second kappa shape index (κ2) is 6.08. The van der Waals surface area contributed by atoms with Crippen LogP contribution in [0.4, 0.5) is 0 Å². The Hall–Kier alpha value is -1.61. The third-order valence-electron chi connectivity index (χ3n) is 2.38. The van der Waals surface area contributed by atoms with Gasteiger partial charge in [0, 0.05) is 5.92 Å². The van der Waals surface area contributed by atoms with Gasteiger partial charge in [-0.3, -0.25) is 4.79 Å². The third-order valence-corrected chi connectivity index (χ3v) is 2.38. The van der Waals surface area contributed by atoms with Crippen molar-refractivity contribution in [3.05, 3.63) is 42.0 Å². The Balaban J connectivity index is 2.54. The fraction of sp³-hybridized carbons (Fsp3) is 0.308. The quantitative estimate of drug-likeness (QED) is 0.799. The fourth-order valence-electron chi connectivity index (χ4n) is 1.32. The molecule has 0 bridgehead atoms. The van der Waals surface area contributed by atoms with Crippen LogP contribution < -0.4 is 0 Å². The van der Waals surface area contributed by atoms with Gasteiger partial charge in [-0.25, -0.2) is 0 Å². The molecule has 0 aliphatic heterocycles. The summed E-state index contributed by atoms with van der Waals surface area (Å²) in [6, 6.07) is 9.69. The molecule has 0 saturated heterocycles. The molecule has 0 aliphatic carbocycles. The first-order valence-corrected chi connectivity index (χ1v) is 5.22. The molecule has 0 aromatic heterocycles. The van der Waals surface area contributed by atoms with Crippen molar-refractivity contribution < 1.29 is 15.0 Å². The van der Waals surface area contributed by atoms with Crippen LogP contribution in [0.25, 0.3) is 6.08 Å². The zero-order valence-corrected chi connectivity index (χ0v) is 9.21. The van der Waals surface area contributed by atoms with E-state index in [0.717, 1.165) is 5.56 Å². The maximum atomic E-state index is 10.4. The van der Waals surface area contributed by atoms with Crippen molar-refractivity contribution in [3.8, 4) is 0 Å². The summed E-state index contributed by atoms with van der Waals surface area (Å²) >= 11 is 0. The summed E-state index contributed by atoms with van der Waals surface area (Å²) in [7, 11) is 0. The molecule has 86 valence electrons. The predicted molar refractivity (Wildman–Crippen MR) is 62.9 cm³/mol. The van der Waals surface area contributed by atoms with E-state index in [1.54, 1.807) is 6.92 Å². The predicted octanol–water partition coefficient (Wildman–Crippen LogP) is 2.17. The highest BCUT2D eigenvalue weighted by atomic mass is 16.4. The number of aliphatic hydroxyl groups is 1. The molecule has 3 heteroatoms. The van der Waals surface area contributed by atoms with Gasteiger partial charge in [0.25, 0.3) is 0 Å². The molecule has 16 heavy (non-hydrogen) atoms. The van der Waals surface area contributed by atoms with Crippen molar-refractivity contribution in [1.82, 2.24) is 0 Å². The van der Waals surface area contributed by atoms with Crippen molar-refractivity contribution in [2.24, 2.45) is 5.92 Å². The summed E-state index contributed by atoms with van der Waals surface area (Å²) in [4.78, 5) is 10.4. The molecule has 1 aromatic rings. The Kier molecular flexibility index (Phi) is 4.73. The topological polar surface area (TPSA) is 57.5 Å². The zero-order valence-electron chi connectivity index (χ0n) is 9.21. The van der Waals surface area contributed by atoms with Crippen LogP contribution in [0.15, 0.2) is 36.4 Å². The standard InChI is InChI=1S/C13H16O3/c1-10(12(14)9-13(15)16)7-8-11-5-3-2-4-6-11/h2-8,10,12,14H,9H2,1H3,(H,15,16)/b8-7+/t10-,12+/m1/s1. The van der Waals surface area contributed by atoms with Gasteiger partial charge in [0.15, 0.2) is 0 Å². The summed E-state index contributed by atoms with van der Waals surface area (Å²) in [5.41, 5.74) is 1.04. The molecule has 0 amide bonds. The normalized spacial score (nSPS) is 14.9. The van der Waals surface area contributed by atoms with Crippen LogP contribution in [0.5, 0.6) is 0 Å². The van der Waals surface area contributed by atoms with Crippen molar-refractivity contribution in [1.29, 1.82) is 0 Å². The number of rotatable bonds is 5. The van der Waals surface area contributed by atoms with Crippen LogP contribution in [0.3, 0.4) is 0 Å². The Morgan fingerprint density at radius 1 is 1.38 bits per heavy atom. The second-order valence-corrected chi connectivity index (χ2v) is 3.79. The Morgan fingerprint density at radius 3 is 2.56 bits per heavy atom. The zero-order chi connectivity index (χ0) is 12.0. The van der Waals surface area contributed by atoms with Crippen LogP contribution in [-0.4, -0.2) is 22.3 Å². The molecule has 0 heterocycles. The first kappa shape index (κ1) is 12.5. The summed E-state index contributed by atoms with van der Waals surface area (Å²) in [6.07, 6.45) is 2.65. The largest absolute Gasteiger partial charge is 0.481 e. The Bertz CT molecular complexity index is 357. The van der Waals surface area contributed by atoms with Gasteiger partial charge in [0.05, 0.1) is 12.5 Å². The molecule has 0 fully saturated rings. The highest BCUT2D eigenvalue weighted by Gasteiger charge is 2.14. The first-order valence-electron chi connectivity index (χ1n) is 5.22. The number of carboxylic acid groups (broad SMARTS) is 1. The molecule has 1 rings (SSSR count). The number of carboxylic acids is 1. The van der Waals surface area contributed by atoms with E-state index >= 15 is 0 Å². The molecule has 2 atom stereocenters. The van der Waals surface area contributed by atoms with Gasteiger partial charge in [0.1, 0.15) is 0 Å². The van der Waals surface area contributed by atoms with E-state index < -0.39 is 12.1 Å². The van der Waals surface area contributed by atoms with E-state index in [-0.39, 0.29) is 12.3 Å². The van der Waals surface area contributed by atoms with Gasteiger partial charge >= 0.3 is 5.97 Å². The number of hydrogen-bond donors (Lipinski definition) is 2. The lowest BCUT2D eigenvalue weighted by Crippen LogP contribution is -2.19. The minimum absolute atomic E-state index is 0.170. The number of hydrogen-bond acceptors (Lipinski definition) is 2. The SMILES string of the molecule is C[C@H](/C=C/c1ccccc1)[C@@H](O)CC(=O)O. The lowest BCUT2D eigenvalue weighted by Gasteiger charge is -2.12. The molecule has 1 aromatic carbocycles. The highest BCUT2D eigenvalue weighted by molar-refractivity contribution is 5.67. The van der Waals surface area contributed by atoms with E-state index in [9.17, 15) is 9.90 Å². The number of aliphatic hydroxyl groups excluding tert-OH is 1. The monoisotopic (exact) mass is 220 g/mol. The van der Waals surface area contributed by atoms with Crippen molar-refractivity contribution in [3.63, 3.8) is 0 Å². The first-order chi connectivity index (χ1) is 7.59. The summed E-state index contributed by atoms with van der Waals surface area (Å²) in [5.74, 6) is -1.15. The average Bonchev–Trinajstić information content (AvgIpc) is 2.26. The Labute approximate surface area is 95.0 Å². The maximum absolute atomic E-state index is 10.4. The van der Waals surface area contributed by atoms with Crippen molar-refractivity contribution in [2.75, 3.05) is 0 Å². The highest BCUT2D eigenvalue weighted by Crippen LogP contribution is 2.11. The molecular weight excluding hydrogens is 204 g/mol. The molecule has 2 N–H and O–H groups in total. The minimum atomic E-state index is -0.979. The summed E-state index contributed by atoms with van der Waals surface area (Å²) in [5, 5.41) is 18.1. The van der Waals surface area contributed by atoms with Crippen molar-refractivity contribution in [2.45, 2.75) is 19.4 Å². The van der Waals surface area contributed by atoms with E-state index in [1.807, 2.05) is 42.5 Å². The van der Waals surface area contributed by atoms with Crippen molar-refractivity contribution >= 4 is 12.0 Å². The molecule has 0 spiro atoms. The summed E-state index contributed by atoms with van der Waals surface area (Å²) in [6.45, 7) is 1.80. The second-order valence-electron chi connectivity index (χ2n) is 3.79. The van der Waals surface area contributed by atoms with E-state index in [4.69, 9.17) is 5.11 Å². The molecule has 3 nitrogen and oxygen atoms in total. The van der Waals surface area contributed by atoms with Gasteiger partial charge in [0.2, 0.25) is 0 Å². The lowest BCUT2D eigenvalue weighted by atomic mass is 10.0. The lowest BCUT2D eigenvalue weighted by molar-refractivity contribution is -0.139. The molecule has 0 unspecified atom stereocenters. The molecular formula is C13H16O3. The van der Waals surface area contributed by atoms with Gasteiger partial charge in [-0.1, -0.05) is 49.4 Å². The van der Waals surface area contributed by atoms with Crippen LogP contribution >= 0.6 is 0 Å². The molecule has 0 radical (unpaired) electrons. The minimum Gasteiger partial charge on any atom is -0.481 e. The summed E-state index contributed by atoms with van der Waals surface area (Å²) < 4.78 is 0. The maximum Gasteiger partial charge on any atom is 0.305 e. The van der Waals surface area contributed by atoms with Crippen LogP contribution in [0.2, 0.25) is 0 Å². The third kappa shape index (κ3) is 4.28. The van der Waals surface area contributed by atoms with Gasteiger partial charge in [-0.2, -0.15) is 0 Å². The van der Waals surface area contributed by atoms with Crippen LogP contribution in [0, 0.1) is 5.92 Å². The van der Waals surface area contributed by atoms with Crippen LogP contribution in [0.1, 0.15) is 18.9 Å². The average molecular weight is 220 g/mol.